The van der Waals surface area contributed by atoms with Gasteiger partial charge >= 0.3 is 0 Å². The first kappa shape index (κ1) is 27.0. The summed E-state index contributed by atoms with van der Waals surface area (Å²) in [6.07, 6.45) is 0.741. The van der Waals surface area contributed by atoms with E-state index in [0.717, 1.165) is 54.6 Å². The Labute approximate surface area is 223 Å². The quantitative estimate of drug-likeness (QED) is 0.257. The standard InChI is InChI=1S/C28H30FN3O2.HI/c1-32(2)13-11-31(12-14-32)19-22-5-3-8-25(15-22)28(34)30-18-21-9-10-27(29)26(17-21)24-7-4-6-23(16-24)20-33;/h3-10,15-17,20H,11-14,18-19H2,1-2H3;1H. The fourth-order valence-corrected chi connectivity index (χ4v) is 4.24. The van der Waals surface area contributed by atoms with Gasteiger partial charge in [0.05, 0.1) is 27.2 Å². The van der Waals surface area contributed by atoms with Crippen LogP contribution in [0.25, 0.3) is 11.1 Å². The van der Waals surface area contributed by atoms with Crippen LogP contribution >= 0.6 is 0 Å². The van der Waals surface area contributed by atoms with Crippen LogP contribution in [0.5, 0.6) is 0 Å². The van der Waals surface area contributed by atoms with E-state index >= 15 is 0 Å². The molecule has 0 saturated carbocycles. The molecule has 1 fully saturated rings. The summed E-state index contributed by atoms with van der Waals surface area (Å²) in [4.78, 5) is 26.3. The average molecular weight is 587 g/mol. The number of hydrogen-bond acceptors (Lipinski definition) is 3. The first-order chi connectivity index (χ1) is 16.3. The van der Waals surface area contributed by atoms with E-state index in [1.165, 1.54) is 6.07 Å². The largest absolute Gasteiger partial charge is 1.00 e. The van der Waals surface area contributed by atoms with Gasteiger partial charge in [-0.25, -0.2) is 4.39 Å². The number of rotatable bonds is 7. The van der Waals surface area contributed by atoms with Crippen LogP contribution in [0.1, 0.15) is 31.8 Å². The van der Waals surface area contributed by atoms with Crippen LogP contribution in [0.3, 0.4) is 0 Å². The number of halogens is 2. The first-order valence-electron chi connectivity index (χ1n) is 11.6. The smallest absolute Gasteiger partial charge is 0.251 e. The van der Waals surface area contributed by atoms with Crippen LogP contribution < -0.4 is 29.3 Å². The maximum Gasteiger partial charge on any atom is 0.251 e. The molecule has 1 aliphatic rings. The fraction of sp³-hybridized carbons (Fsp3) is 0.286. The van der Waals surface area contributed by atoms with Gasteiger partial charge in [0.2, 0.25) is 0 Å². The second-order valence-electron chi connectivity index (χ2n) is 9.60. The number of nitrogens with one attached hydrogen (secondary N) is 1. The van der Waals surface area contributed by atoms with E-state index in [4.69, 9.17) is 0 Å². The molecule has 0 bridgehead atoms. The lowest BCUT2D eigenvalue weighted by Crippen LogP contribution is -3.00. The van der Waals surface area contributed by atoms with E-state index in [2.05, 4.69) is 30.4 Å². The molecule has 0 unspecified atom stereocenters. The van der Waals surface area contributed by atoms with E-state index in [-0.39, 0.29) is 42.2 Å². The van der Waals surface area contributed by atoms with Crippen LogP contribution in [-0.4, -0.2) is 61.9 Å². The number of quaternary nitrogens is 1. The number of carbonyl (C=O) groups excluding carboxylic acids is 2. The minimum Gasteiger partial charge on any atom is -1.00 e. The van der Waals surface area contributed by atoms with Crippen molar-refractivity contribution < 1.29 is 42.4 Å². The highest BCUT2D eigenvalue weighted by Crippen LogP contribution is 2.25. The molecule has 1 N–H and O–H groups in total. The Bertz CT molecular complexity index is 1190. The van der Waals surface area contributed by atoms with Crippen LogP contribution in [0, 0.1) is 5.82 Å². The summed E-state index contributed by atoms with van der Waals surface area (Å²) in [7, 11) is 4.52. The predicted octanol–water partition coefficient (Wildman–Crippen LogP) is 1.13. The number of likely N-dealkylation sites (N-methyl/N-ethyl adjacent to an activating group) is 1. The molecule has 0 atom stereocenters. The van der Waals surface area contributed by atoms with E-state index in [1.54, 1.807) is 36.4 Å². The molecule has 184 valence electrons. The third-order valence-electron chi connectivity index (χ3n) is 6.46. The Morgan fingerprint density at radius 1 is 1.00 bits per heavy atom. The zero-order valence-corrected chi connectivity index (χ0v) is 22.3. The molecule has 7 heteroatoms. The second kappa shape index (κ2) is 11.9. The van der Waals surface area contributed by atoms with Crippen molar-refractivity contribution in [3.8, 4) is 11.1 Å². The van der Waals surface area contributed by atoms with Crippen molar-refractivity contribution in [3.63, 3.8) is 0 Å². The zero-order chi connectivity index (χ0) is 24.1. The maximum atomic E-state index is 14.5. The lowest BCUT2D eigenvalue weighted by Gasteiger charge is -2.39. The van der Waals surface area contributed by atoms with Crippen LogP contribution in [0.15, 0.2) is 66.7 Å². The van der Waals surface area contributed by atoms with Crippen LogP contribution in [0.4, 0.5) is 4.39 Å². The normalized spacial score (nSPS) is 15.2. The number of carbonyl (C=O) groups is 2. The van der Waals surface area contributed by atoms with Crippen LogP contribution in [-0.2, 0) is 13.1 Å². The van der Waals surface area contributed by atoms with Gasteiger partial charge in [-0.3, -0.25) is 14.5 Å². The lowest BCUT2D eigenvalue weighted by atomic mass is 10.0. The highest BCUT2D eigenvalue weighted by molar-refractivity contribution is 5.94. The molecule has 5 nitrogen and oxygen atoms in total. The van der Waals surface area contributed by atoms with Gasteiger partial charge < -0.3 is 33.8 Å². The number of hydrogen-bond donors (Lipinski definition) is 1. The van der Waals surface area contributed by atoms with Gasteiger partial charge in [-0.1, -0.05) is 36.4 Å². The third kappa shape index (κ3) is 7.19. The van der Waals surface area contributed by atoms with Gasteiger partial charge in [0.25, 0.3) is 5.91 Å². The minimum atomic E-state index is -0.370. The molecular formula is C28H31FIN3O2. The Kier molecular flexibility index (Phi) is 9.15. The first-order valence-corrected chi connectivity index (χ1v) is 11.6. The number of piperazine rings is 1. The van der Waals surface area contributed by atoms with Crippen LogP contribution in [0.2, 0.25) is 0 Å². The van der Waals surface area contributed by atoms with Crippen molar-refractivity contribution in [2.45, 2.75) is 13.1 Å². The molecule has 1 heterocycles. The summed E-state index contributed by atoms with van der Waals surface area (Å²) in [5.74, 6) is -0.530. The molecule has 0 spiro atoms. The SMILES string of the molecule is C[N+]1(C)CCN(Cc2cccc(C(=O)NCc3ccc(F)c(-c4cccc(C=O)c4)c3)c2)CC1.[I-]. The Hall–Kier alpha value is -2.62. The minimum absolute atomic E-state index is 0. The number of nitrogens with zero attached hydrogens (tertiary/aromatic N) is 2. The monoisotopic (exact) mass is 587 g/mol. The number of benzene rings is 3. The third-order valence-corrected chi connectivity index (χ3v) is 6.46. The Morgan fingerprint density at radius 2 is 1.74 bits per heavy atom. The summed E-state index contributed by atoms with van der Waals surface area (Å²) in [6.45, 7) is 5.46. The highest BCUT2D eigenvalue weighted by Gasteiger charge is 2.24. The molecule has 3 aromatic carbocycles. The molecule has 4 rings (SSSR count). The van der Waals surface area contributed by atoms with Crippen molar-refractivity contribution in [1.82, 2.24) is 10.2 Å². The number of aldehydes is 1. The van der Waals surface area contributed by atoms with Gasteiger partial charge in [-0.15, -0.1) is 0 Å². The highest BCUT2D eigenvalue weighted by atomic mass is 127. The summed E-state index contributed by atoms with van der Waals surface area (Å²) in [6, 6.07) is 19.3. The molecule has 35 heavy (non-hydrogen) atoms. The fourth-order valence-electron chi connectivity index (χ4n) is 4.24. The molecule has 3 aromatic rings. The van der Waals surface area contributed by atoms with Crippen molar-refractivity contribution in [2.75, 3.05) is 40.3 Å². The summed E-state index contributed by atoms with van der Waals surface area (Å²) in [5, 5.41) is 2.94. The van der Waals surface area contributed by atoms with Gasteiger partial charge in [0.1, 0.15) is 12.1 Å². The van der Waals surface area contributed by atoms with E-state index in [9.17, 15) is 14.0 Å². The second-order valence-corrected chi connectivity index (χ2v) is 9.60. The summed E-state index contributed by atoms with van der Waals surface area (Å²) < 4.78 is 15.5. The average Bonchev–Trinajstić information content (AvgIpc) is 2.85. The van der Waals surface area contributed by atoms with E-state index in [1.807, 2.05) is 18.2 Å². The van der Waals surface area contributed by atoms with E-state index < -0.39 is 0 Å². The molecular weight excluding hydrogens is 556 g/mol. The van der Waals surface area contributed by atoms with Crippen molar-refractivity contribution in [3.05, 3.63) is 94.8 Å². The topological polar surface area (TPSA) is 49.4 Å². The molecule has 1 aliphatic heterocycles. The summed E-state index contributed by atoms with van der Waals surface area (Å²) in [5.41, 5.74) is 4.04. The van der Waals surface area contributed by atoms with Crippen molar-refractivity contribution >= 4 is 12.2 Å². The maximum absolute atomic E-state index is 14.5. The molecule has 0 radical (unpaired) electrons. The molecule has 1 amide bonds. The summed E-state index contributed by atoms with van der Waals surface area (Å²) >= 11 is 0. The van der Waals surface area contributed by atoms with Gasteiger partial charge in [0.15, 0.2) is 0 Å². The molecule has 0 aliphatic carbocycles. The van der Waals surface area contributed by atoms with E-state index in [0.29, 0.717) is 22.3 Å². The molecule has 1 saturated heterocycles. The predicted molar refractivity (Wildman–Crippen MR) is 132 cm³/mol. The zero-order valence-electron chi connectivity index (χ0n) is 20.1. The lowest BCUT2D eigenvalue weighted by molar-refractivity contribution is -0.894. The van der Waals surface area contributed by atoms with Gasteiger partial charge in [-0.05, 0) is 47.0 Å². The number of amides is 1. The van der Waals surface area contributed by atoms with Gasteiger partial charge in [0, 0.05) is 42.9 Å². The van der Waals surface area contributed by atoms with Crippen molar-refractivity contribution in [1.29, 1.82) is 0 Å². The Morgan fingerprint density at radius 3 is 2.49 bits per heavy atom. The van der Waals surface area contributed by atoms with Crippen molar-refractivity contribution in [2.24, 2.45) is 0 Å². The van der Waals surface area contributed by atoms with Gasteiger partial charge in [-0.2, -0.15) is 0 Å². The molecule has 0 aromatic heterocycles. The Balaban J connectivity index is 0.00000342.